The first kappa shape index (κ1) is 21.6. The zero-order valence-electron chi connectivity index (χ0n) is 18.1. The van der Waals surface area contributed by atoms with E-state index in [2.05, 4.69) is 20.8 Å². The van der Waals surface area contributed by atoms with Gasteiger partial charge in [0, 0.05) is 18.8 Å². The molecule has 8 nitrogen and oxygen atoms in total. The molecular weight excluding hydrogens is 411 g/mol. The number of carbonyl (C=O) groups excluding carboxylic acids is 2. The number of carbonyl (C=O) groups is 2. The molecular formula is C23H25FN6O2. The van der Waals surface area contributed by atoms with Crippen LogP contribution in [0.5, 0.6) is 0 Å². The van der Waals surface area contributed by atoms with E-state index in [1.165, 1.54) is 12.1 Å². The van der Waals surface area contributed by atoms with Crippen molar-refractivity contribution in [3.8, 4) is 5.69 Å². The molecule has 0 radical (unpaired) electrons. The SMILES string of the molecule is Cc1ccc(NC(=O)C2CCCN(C(=O)Cc3ccc(F)cc3)C2)cc1-n1nnnc1C. The fourth-order valence-corrected chi connectivity index (χ4v) is 3.92. The van der Waals surface area contributed by atoms with Crippen molar-refractivity contribution in [1.29, 1.82) is 0 Å². The molecule has 2 aromatic carbocycles. The molecule has 4 rings (SSSR count). The molecule has 1 atom stereocenters. The minimum absolute atomic E-state index is 0.0547. The lowest BCUT2D eigenvalue weighted by atomic mass is 9.96. The first-order chi connectivity index (χ1) is 15.4. The van der Waals surface area contributed by atoms with Gasteiger partial charge in [-0.1, -0.05) is 18.2 Å². The monoisotopic (exact) mass is 436 g/mol. The maximum atomic E-state index is 13.1. The molecule has 1 fully saturated rings. The van der Waals surface area contributed by atoms with Crippen LogP contribution in [-0.4, -0.2) is 50.0 Å². The fourth-order valence-electron chi connectivity index (χ4n) is 3.92. The predicted molar refractivity (Wildman–Crippen MR) is 117 cm³/mol. The molecule has 1 N–H and O–H groups in total. The third-order valence-electron chi connectivity index (χ3n) is 5.74. The number of hydrogen-bond acceptors (Lipinski definition) is 5. The van der Waals surface area contributed by atoms with Crippen LogP contribution in [0, 0.1) is 25.6 Å². The third kappa shape index (κ3) is 4.82. The summed E-state index contributed by atoms with van der Waals surface area (Å²) < 4.78 is 14.7. The smallest absolute Gasteiger partial charge is 0.229 e. The van der Waals surface area contributed by atoms with Crippen molar-refractivity contribution in [2.75, 3.05) is 18.4 Å². The van der Waals surface area contributed by atoms with Gasteiger partial charge in [0.15, 0.2) is 5.82 Å². The van der Waals surface area contributed by atoms with E-state index in [1.807, 2.05) is 32.0 Å². The van der Waals surface area contributed by atoms with Crippen molar-refractivity contribution in [2.24, 2.45) is 5.92 Å². The Bertz CT molecular complexity index is 1130. The molecule has 1 aliphatic heterocycles. The van der Waals surface area contributed by atoms with Crippen LogP contribution in [0.2, 0.25) is 0 Å². The minimum Gasteiger partial charge on any atom is -0.342 e. The number of likely N-dealkylation sites (tertiary alicyclic amines) is 1. The largest absolute Gasteiger partial charge is 0.342 e. The van der Waals surface area contributed by atoms with Crippen molar-refractivity contribution in [3.63, 3.8) is 0 Å². The molecule has 1 aromatic heterocycles. The molecule has 9 heteroatoms. The molecule has 166 valence electrons. The Hall–Kier alpha value is -3.62. The third-order valence-corrected chi connectivity index (χ3v) is 5.74. The lowest BCUT2D eigenvalue weighted by molar-refractivity contribution is -0.133. The number of aryl methyl sites for hydroxylation is 2. The van der Waals surface area contributed by atoms with Crippen molar-refractivity contribution in [3.05, 3.63) is 65.2 Å². The van der Waals surface area contributed by atoms with E-state index in [9.17, 15) is 14.0 Å². The van der Waals surface area contributed by atoms with Crippen LogP contribution in [0.15, 0.2) is 42.5 Å². The van der Waals surface area contributed by atoms with Gasteiger partial charge in [0.1, 0.15) is 5.82 Å². The highest BCUT2D eigenvalue weighted by molar-refractivity contribution is 5.93. The highest BCUT2D eigenvalue weighted by Gasteiger charge is 2.28. The highest BCUT2D eigenvalue weighted by Crippen LogP contribution is 2.23. The Morgan fingerprint density at radius 3 is 2.66 bits per heavy atom. The maximum Gasteiger partial charge on any atom is 0.229 e. The van der Waals surface area contributed by atoms with E-state index < -0.39 is 0 Å². The Morgan fingerprint density at radius 2 is 1.94 bits per heavy atom. The van der Waals surface area contributed by atoms with Gasteiger partial charge in [-0.2, -0.15) is 4.68 Å². The molecule has 0 spiro atoms. The second-order valence-corrected chi connectivity index (χ2v) is 8.11. The summed E-state index contributed by atoms with van der Waals surface area (Å²) in [7, 11) is 0. The number of amides is 2. The van der Waals surface area contributed by atoms with Crippen molar-refractivity contribution < 1.29 is 14.0 Å². The molecule has 0 saturated carbocycles. The van der Waals surface area contributed by atoms with E-state index >= 15 is 0 Å². The molecule has 0 bridgehead atoms. The maximum absolute atomic E-state index is 13.1. The zero-order chi connectivity index (χ0) is 22.7. The normalized spacial score (nSPS) is 16.1. The molecule has 2 heterocycles. The van der Waals surface area contributed by atoms with Gasteiger partial charge in [0.2, 0.25) is 11.8 Å². The first-order valence-electron chi connectivity index (χ1n) is 10.6. The summed E-state index contributed by atoms with van der Waals surface area (Å²) in [5, 5.41) is 14.6. The summed E-state index contributed by atoms with van der Waals surface area (Å²) in [6.45, 7) is 4.76. The van der Waals surface area contributed by atoms with E-state index in [4.69, 9.17) is 0 Å². The van der Waals surface area contributed by atoms with E-state index in [0.717, 1.165) is 29.7 Å². The number of benzene rings is 2. The van der Waals surface area contributed by atoms with Crippen LogP contribution < -0.4 is 5.32 Å². The topological polar surface area (TPSA) is 93.0 Å². The fraction of sp³-hybridized carbons (Fsp3) is 0.348. The number of halogens is 1. The van der Waals surface area contributed by atoms with Crippen molar-refractivity contribution in [2.45, 2.75) is 33.1 Å². The first-order valence-corrected chi connectivity index (χ1v) is 10.6. The summed E-state index contributed by atoms with van der Waals surface area (Å²) >= 11 is 0. The zero-order valence-corrected chi connectivity index (χ0v) is 18.1. The summed E-state index contributed by atoms with van der Waals surface area (Å²) in [4.78, 5) is 27.4. The Balaban J connectivity index is 1.41. The van der Waals surface area contributed by atoms with E-state index in [-0.39, 0.29) is 30.0 Å². The second kappa shape index (κ2) is 9.25. The number of piperidine rings is 1. The standard InChI is InChI=1S/C23H25FN6O2/c1-15-5-10-20(13-21(15)30-16(2)26-27-28-30)25-23(32)18-4-3-11-29(14-18)22(31)12-17-6-8-19(24)9-7-17/h5-10,13,18H,3-4,11-12,14H2,1-2H3,(H,25,32). The van der Waals surface area contributed by atoms with Gasteiger partial charge >= 0.3 is 0 Å². The van der Waals surface area contributed by atoms with Crippen LogP contribution >= 0.6 is 0 Å². The van der Waals surface area contributed by atoms with Crippen LogP contribution in [0.4, 0.5) is 10.1 Å². The van der Waals surface area contributed by atoms with Gasteiger partial charge < -0.3 is 10.2 Å². The summed E-state index contributed by atoms with van der Waals surface area (Å²) in [6, 6.07) is 11.5. The lowest BCUT2D eigenvalue weighted by Gasteiger charge is -2.32. The van der Waals surface area contributed by atoms with Gasteiger partial charge in [-0.3, -0.25) is 9.59 Å². The highest BCUT2D eigenvalue weighted by atomic mass is 19.1. The number of hydrogen-bond donors (Lipinski definition) is 1. The molecule has 32 heavy (non-hydrogen) atoms. The molecule has 3 aromatic rings. The molecule has 1 unspecified atom stereocenters. The second-order valence-electron chi connectivity index (χ2n) is 8.11. The van der Waals surface area contributed by atoms with E-state index in [0.29, 0.717) is 24.6 Å². The quantitative estimate of drug-likeness (QED) is 0.664. The van der Waals surface area contributed by atoms with Crippen molar-refractivity contribution >= 4 is 17.5 Å². The minimum atomic E-state index is -0.328. The summed E-state index contributed by atoms with van der Waals surface area (Å²) in [5.74, 6) is -0.140. The number of tetrazole rings is 1. The van der Waals surface area contributed by atoms with Gasteiger partial charge in [-0.25, -0.2) is 4.39 Å². The predicted octanol–water partition coefficient (Wildman–Crippen LogP) is 2.84. The van der Waals surface area contributed by atoms with Crippen LogP contribution in [0.3, 0.4) is 0 Å². The Labute approximate surface area is 185 Å². The van der Waals surface area contributed by atoms with Crippen LogP contribution in [0.25, 0.3) is 5.69 Å². The number of rotatable bonds is 5. The number of nitrogens with zero attached hydrogens (tertiary/aromatic N) is 5. The summed E-state index contributed by atoms with van der Waals surface area (Å²) in [5.41, 5.74) is 3.19. The number of nitrogens with one attached hydrogen (secondary N) is 1. The Kier molecular flexibility index (Phi) is 6.25. The van der Waals surface area contributed by atoms with Gasteiger partial charge in [-0.05, 0) is 72.5 Å². The van der Waals surface area contributed by atoms with Crippen LogP contribution in [-0.2, 0) is 16.0 Å². The van der Waals surface area contributed by atoms with Crippen molar-refractivity contribution in [1.82, 2.24) is 25.1 Å². The van der Waals surface area contributed by atoms with Gasteiger partial charge in [-0.15, -0.1) is 5.10 Å². The average molecular weight is 436 g/mol. The lowest BCUT2D eigenvalue weighted by Crippen LogP contribution is -2.44. The Morgan fingerprint density at radius 1 is 1.16 bits per heavy atom. The van der Waals surface area contributed by atoms with Gasteiger partial charge in [0.25, 0.3) is 0 Å². The van der Waals surface area contributed by atoms with Gasteiger partial charge in [0.05, 0.1) is 18.0 Å². The molecule has 0 aliphatic carbocycles. The average Bonchev–Trinajstić information content (AvgIpc) is 3.22. The molecule has 2 amide bonds. The molecule has 1 aliphatic rings. The number of aromatic nitrogens is 4. The van der Waals surface area contributed by atoms with Crippen LogP contribution in [0.1, 0.15) is 29.8 Å². The van der Waals surface area contributed by atoms with E-state index in [1.54, 1.807) is 21.7 Å². The summed E-state index contributed by atoms with van der Waals surface area (Å²) in [6.07, 6.45) is 1.68. The number of anilines is 1. The molecule has 1 saturated heterocycles.